The molecule has 9 nitrogen and oxygen atoms in total. The van der Waals surface area contributed by atoms with Gasteiger partial charge in [0.05, 0.1) is 6.61 Å². The topological polar surface area (TPSA) is 129 Å². The zero-order valence-electron chi connectivity index (χ0n) is 21.9. The van der Waals surface area contributed by atoms with Crippen LogP contribution >= 0.6 is 11.6 Å². The minimum Gasteiger partial charge on any atom is -0.494 e. The highest BCUT2D eigenvalue weighted by Gasteiger charge is 2.52. The molecule has 0 saturated carbocycles. The van der Waals surface area contributed by atoms with E-state index >= 15 is 0 Å². The van der Waals surface area contributed by atoms with E-state index in [2.05, 4.69) is 21.9 Å². The highest BCUT2D eigenvalue weighted by atomic mass is 35.5. The molecule has 0 radical (unpaired) electrons. The fourth-order valence-electron chi connectivity index (χ4n) is 4.53. The molecule has 3 aromatic carbocycles. The van der Waals surface area contributed by atoms with Crippen molar-refractivity contribution in [3.05, 3.63) is 118 Å². The highest BCUT2D eigenvalue weighted by Crippen LogP contribution is 2.45. The number of hydrogen-bond acceptors (Lipinski definition) is 6. The van der Waals surface area contributed by atoms with E-state index in [1.807, 2.05) is 18.2 Å². The molecule has 0 fully saturated rings. The predicted molar refractivity (Wildman–Crippen MR) is 155 cm³/mol. The van der Waals surface area contributed by atoms with Gasteiger partial charge in [-0.15, -0.1) is 6.58 Å². The van der Waals surface area contributed by atoms with Gasteiger partial charge in [0, 0.05) is 52.7 Å². The van der Waals surface area contributed by atoms with Crippen molar-refractivity contribution in [2.24, 2.45) is 10.1 Å². The van der Waals surface area contributed by atoms with Crippen LogP contribution in [0.3, 0.4) is 0 Å². The van der Waals surface area contributed by atoms with Gasteiger partial charge < -0.3 is 19.9 Å². The van der Waals surface area contributed by atoms with Gasteiger partial charge in [-0.3, -0.25) is 4.79 Å². The number of carbonyl (C=O) groups is 1. The minimum absolute atomic E-state index is 0.0496. The van der Waals surface area contributed by atoms with E-state index in [1.165, 1.54) is 0 Å². The first kappa shape index (κ1) is 28.7. The van der Waals surface area contributed by atoms with Gasteiger partial charge in [0.1, 0.15) is 5.75 Å². The van der Waals surface area contributed by atoms with E-state index in [1.54, 1.807) is 60.7 Å². The van der Waals surface area contributed by atoms with E-state index in [9.17, 15) is 4.79 Å². The number of carbonyl (C=O) groups excluding carboxylic acids is 1. The molecule has 1 aliphatic heterocycles. The summed E-state index contributed by atoms with van der Waals surface area (Å²) in [5.74, 6) is 0.570. The lowest BCUT2D eigenvalue weighted by Crippen LogP contribution is -2.48. The standard InChI is InChI=1S/C30H30ClN5O4/c1-2-16-30(29(38)33-17-15-21-7-5-8-23(31)20-21)27(25-9-3-4-10-26(25)35-36-32)40-28(34-30)22-11-13-24(14-12-22)39-19-6-18-37/h2-5,7-14,20,27,37H,1,6,15-19H2,(H,33,38)/t27-,30-/m1/s1. The number of aliphatic hydroxyl groups is 1. The number of benzene rings is 3. The maximum atomic E-state index is 13.9. The van der Waals surface area contributed by atoms with Crippen molar-refractivity contribution < 1.29 is 19.4 Å². The number of ether oxygens (including phenoxy) is 2. The van der Waals surface area contributed by atoms with Crippen LogP contribution in [0.1, 0.15) is 35.6 Å². The van der Waals surface area contributed by atoms with Gasteiger partial charge in [-0.25, -0.2) is 4.99 Å². The first-order chi connectivity index (χ1) is 19.5. The first-order valence-corrected chi connectivity index (χ1v) is 13.3. The van der Waals surface area contributed by atoms with Crippen LogP contribution in [0.4, 0.5) is 5.69 Å². The van der Waals surface area contributed by atoms with Crippen LogP contribution in [0.5, 0.6) is 5.75 Å². The molecule has 0 saturated heterocycles. The van der Waals surface area contributed by atoms with E-state index in [0.717, 1.165) is 5.56 Å². The van der Waals surface area contributed by atoms with Crippen molar-refractivity contribution in [3.8, 4) is 5.75 Å². The molecule has 3 aromatic rings. The zero-order chi connectivity index (χ0) is 28.4. The number of hydrogen-bond donors (Lipinski definition) is 2. The van der Waals surface area contributed by atoms with E-state index in [0.29, 0.717) is 53.6 Å². The van der Waals surface area contributed by atoms with Gasteiger partial charge in [-0.1, -0.05) is 59.2 Å². The average molecular weight is 560 g/mol. The summed E-state index contributed by atoms with van der Waals surface area (Å²) >= 11 is 6.11. The predicted octanol–water partition coefficient (Wildman–Crippen LogP) is 6.23. The van der Waals surface area contributed by atoms with Crippen LogP contribution in [0.25, 0.3) is 10.4 Å². The molecule has 40 heavy (non-hydrogen) atoms. The summed E-state index contributed by atoms with van der Waals surface area (Å²) in [6.07, 6.45) is 2.03. The third-order valence-electron chi connectivity index (χ3n) is 6.45. The van der Waals surface area contributed by atoms with Crippen molar-refractivity contribution in [3.63, 3.8) is 0 Å². The van der Waals surface area contributed by atoms with Gasteiger partial charge in [-0.05, 0) is 53.9 Å². The molecular formula is C30H30ClN5O4. The number of nitrogens with one attached hydrogen (secondary N) is 1. The monoisotopic (exact) mass is 559 g/mol. The van der Waals surface area contributed by atoms with Crippen molar-refractivity contribution in [1.82, 2.24) is 5.32 Å². The summed E-state index contributed by atoms with van der Waals surface area (Å²) in [4.78, 5) is 21.7. The number of aliphatic imine (C=N–C) groups is 1. The number of nitrogens with zero attached hydrogens (tertiary/aromatic N) is 4. The molecule has 1 amide bonds. The van der Waals surface area contributed by atoms with Gasteiger partial charge in [0.2, 0.25) is 5.90 Å². The van der Waals surface area contributed by atoms with Gasteiger partial charge >= 0.3 is 0 Å². The van der Waals surface area contributed by atoms with Crippen molar-refractivity contribution in [2.45, 2.75) is 30.9 Å². The molecule has 2 atom stereocenters. The Labute approximate surface area is 237 Å². The van der Waals surface area contributed by atoms with E-state index in [-0.39, 0.29) is 24.8 Å². The number of amides is 1. The van der Waals surface area contributed by atoms with Crippen molar-refractivity contribution >= 4 is 29.1 Å². The summed E-state index contributed by atoms with van der Waals surface area (Å²) < 4.78 is 12.0. The molecule has 2 N–H and O–H groups in total. The molecule has 0 bridgehead atoms. The Bertz CT molecular complexity index is 1420. The summed E-state index contributed by atoms with van der Waals surface area (Å²) in [6, 6.07) is 21.6. The molecule has 10 heteroatoms. The fourth-order valence-corrected chi connectivity index (χ4v) is 4.74. The van der Waals surface area contributed by atoms with Crippen LogP contribution in [0, 0.1) is 0 Å². The minimum atomic E-state index is -1.40. The van der Waals surface area contributed by atoms with Crippen LogP contribution in [0.2, 0.25) is 5.02 Å². The number of rotatable bonds is 13. The molecule has 0 aromatic heterocycles. The largest absolute Gasteiger partial charge is 0.494 e. The van der Waals surface area contributed by atoms with Gasteiger partial charge in [0.25, 0.3) is 5.91 Å². The normalized spacial score (nSPS) is 17.8. The van der Waals surface area contributed by atoms with E-state index < -0.39 is 11.6 Å². The number of azide groups is 1. The Morgan fingerprint density at radius 2 is 2.02 bits per heavy atom. The van der Waals surface area contributed by atoms with Crippen LogP contribution in [0.15, 0.2) is 95.6 Å². The SMILES string of the molecule is C=CC[C@@]1(C(=O)NCCc2cccc(Cl)c2)N=C(c2ccc(OCCCO)cc2)O[C@@H]1c1ccccc1N=[N+]=[N-]. The third kappa shape index (κ3) is 6.63. The Morgan fingerprint density at radius 1 is 1.23 bits per heavy atom. The summed E-state index contributed by atoms with van der Waals surface area (Å²) in [5.41, 5.74) is 10.3. The molecule has 1 heterocycles. The van der Waals surface area contributed by atoms with Gasteiger partial charge in [-0.2, -0.15) is 0 Å². The highest BCUT2D eigenvalue weighted by molar-refractivity contribution is 6.30. The summed E-state index contributed by atoms with van der Waals surface area (Å²) in [6.45, 7) is 4.68. The lowest BCUT2D eigenvalue weighted by molar-refractivity contribution is -0.128. The van der Waals surface area contributed by atoms with Crippen molar-refractivity contribution in [1.29, 1.82) is 0 Å². The van der Waals surface area contributed by atoms with Crippen LogP contribution in [-0.2, 0) is 16.0 Å². The lowest BCUT2D eigenvalue weighted by Gasteiger charge is -2.30. The maximum absolute atomic E-state index is 13.9. The average Bonchev–Trinajstić information content (AvgIpc) is 3.34. The molecule has 1 aliphatic rings. The lowest BCUT2D eigenvalue weighted by atomic mass is 9.83. The van der Waals surface area contributed by atoms with Crippen LogP contribution < -0.4 is 10.1 Å². The quantitative estimate of drug-likeness (QED) is 0.0844. The molecule has 0 unspecified atom stereocenters. The second-order valence-corrected chi connectivity index (χ2v) is 9.60. The number of aliphatic hydroxyl groups excluding tert-OH is 1. The summed E-state index contributed by atoms with van der Waals surface area (Å²) in [7, 11) is 0. The second-order valence-electron chi connectivity index (χ2n) is 9.17. The Kier molecular flexibility index (Phi) is 9.81. The van der Waals surface area contributed by atoms with Gasteiger partial charge in [0.15, 0.2) is 11.6 Å². The Balaban J connectivity index is 1.67. The van der Waals surface area contributed by atoms with E-state index in [4.69, 9.17) is 36.7 Å². The zero-order valence-corrected chi connectivity index (χ0v) is 22.6. The molecule has 4 rings (SSSR count). The number of halogens is 1. The molecule has 0 spiro atoms. The maximum Gasteiger partial charge on any atom is 0.252 e. The first-order valence-electron chi connectivity index (χ1n) is 12.9. The summed E-state index contributed by atoms with van der Waals surface area (Å²) in [5, 5.41) is 16.5. The Morgan fingerprint density at radius 3 is 2.75 bits per heavy atom. The molecule has 0 aliphatic carbocycles. The molecule has 206 valence electrons. The fraction of sp³-hybridized carbons (Fsp3) is 0.267. The molecular weight excluding hydrogens is 530 g/mol. The second kappa shape index (κ2) is 13.7. The smallest absolute Gasteiger partial charge is 0.252 e. The third-order valence-corrected chi connectivity index (χ3v) is 6.68. The van der Waals surface area contributed by atoms with Crippen LogP contribution in [-0.4, -0.2) is 42.2 Å². The Hall–Kier alpha value is -4.30. The van der Waals surface area contributed by atoms with Crippen molar-refractivity contribution in [2.75, 3.05) is 19.8 Å².